The van der Waals surface area contributed by atoms with Gasteiger partial charge in [-0.25, -0.2) is 0 Å². The van der Waals surface area contributed by atoms with Gasteiger partial charge in [0.1, 0.15) is 6.04 Å². The van der Waals surface area contributed by atoms with Crippen LogP contribution in [0.4, 0.5) is 5.69 Å². The van der Waals surface area contributed by atoms with E-state index in [0.29, 0.717) is 36.5 Å². The minimum atomic E-state index is -0.694. The maximum Gasteiger partial charge on any atom is 0.258 e. The lowest BCUT2D eigenvalue weighted by Gasteiger charge is -2.32. The average Bonchev–Trinajstić information content (AvgIpc) is 3.27. The molecule has 0 radical (unpaired) electrons. The highest BCUT2D eigenvalue weighted by Gasteiger charge is 2.32. The van der Waals surface area contributed by atoms with E-state index in [4.69, 9.17) is 11.6 Å². The van der Waals surface area contributed by atoms with Crippen LogP contribution >= 0.6 is 11.6 Å². The lowest BCUT2D eigenvalue weighted by atomic mass is 10.0. The normalized spacial score (nSPS) is 13.0. The molecular weight excluding hydrogens is 546 g/mol. The van der Waals surface area contributed by atoms with Gasteiger partial charge in [-0.3, -0.25) is 14.4 Å². The minimum absolute atomic E-state index is 0.0395. The van der Waals surface area contributed by atoms with Crippen LogP contribution < -0.4 is 10.2 Å². The van der Waals surface area contributed by atoms with Crippen molar-refractivity contribution in [3.05, 3.63) is 113 Å². The van der Waals surface area contributed by atoms with Gasteiger partial charge >= 0.3 is 0 Å². The summed E-state index contributed by atoms with van der Waals surface area (Å²) in [4.78, 5) is 44.3. The topological polar surface area (TPSA) is 69.7 Å². The van der Waals surface area contributed by atoms with E-state index in [9.17, 15) is 14.4 Å². The van der Waals surface area contributed by atoms with Gasteiger partial charge in [0, 0.05) is 48.4 Å². The number of benzene rings is 4. The van der Waals surface area contributed by atoms with E-state index in [1.807, 2.05) is 92.7 Å². The molecule has 0 aliphatic carbocycles. The van der Waals surface area contributed by atoms with Gasteiger partial charge in [0.25, 0.3) is 5.91 Å². The van der Waals surface area contributed by atoms with E-state index in [0.717, 1.165) is 27.6 Å². The number of rotatable bonds is 12. The van der Waals surface area contributed by atoms with Crippen molar-refractivity contribution < 1.29 is 14.4 Å². The Hall–Kier alpha value is -4.16. The fraction of sp³-hybridized carbons (Fsp3) is 0.286. The second-order valence-electron chi connectivity index (χ2n) is 11.2. The Morgan fingerprint density at radius 1 is 0.881 bits per heavy atom. The van der Waals surface area contributed by atoms with Crippen LogP contribution in [0.1, 0.15) is 48.2 Å². The molecule has 1 aliphatic heterocycles. The molecule has 5 rings (SSSR count). The van der Waals surface area contributed by atoms with Crippen molar-refractivity contribution in [1.29, 1.82) is 0 Å². The van der Waals surface area contributed by atoms with Crippen molar-refractivity contribution in [2.45, 2.75) is 45.7 Å². The summed E-state index contributed by atoms with van der Waals surface area (Å²) >= 11 is 6.13. The molecule has 42 heavy (non-hydrogen) atoms. The Kier molecular flexibility index (Phi) is 9.23. The average molecular weight is 582 g/mol. The minimum Gasteiger partial charge on any atom is -0.354 e. The molecule has 0 fully saturated rings. The molecule has 3 amide bonds. The van der Waals surface area contributed by atoms with Crippen LogP contribution in [0, 0.1) is 5.92 Å². The summed E-state index contributed by atoms with van der Waals surface area (Å²) in [5, 5.41) is 5.66. The molecule has 0 saturated heterocycles. The number of hydrogen-bond donors (Lipinski definition) is 1. The summed E-state index contributed by atoms with van der Waals surface area (Å²) < 4.78 is 0. The number of halogens is 1. The molecule has 4 aromatic rings. The van der Waals surface area contributed by atoms with Gasteiger partial charge in [-0.2, -0.15) is 0 Å². The highest BCUT2D eigenvalue weighted by atomic mass is 35.5. The van der Waals surface area contributed by atoms with E-state index in [1.54, 1.807) is 21.9 Å². The van der Waals surface area contributed by atoms with Crippen molar-refractivity contribution in [3.8, 4) is 0 Å². The van der Waals surface area contributed by atoms with Gasteiger partial charge in [-0.1, -0.05) is 92.2 Å². The molecule has 1 aliphatic rings. The zero-order valence-corrected chi connectivity index (χ0v) is 24.8. The van der Waals surface area contributed by atoms with Crippen molar-refractivity contribution in [1.82, 2.24) is 10.2 Å². The molecule has 6 nitrogen and oxygen atoms in total. The van der Waals surface area contributed by atoms with Gasteiger partial charge in [-0.15, -0.1) is 0 Å². The predicted molar refractivity (Wildman–Crippen MR) is 169 cm³/mol. The molecule has 0 aromatic heterocycles. The zero-order valence-electron chi connectivity index (χ0n) is 24.1. The molecule has 4 aromatic carbocycles. The number of amides is 3. The Morgan fingerprint density at radius 3 is 2.31 bits per heavy atom. The van der Waals surface area contributed by atoms with Gasteiger partial charge in [-0.05, 0) is 53.1 Å². The van der Waals surface area contributed by atoms with Crippen LogP contribution in [0.2, 0.25) is 5.02 Å². The quantitative estimate of drug-likeness (QED) is 0.204. The number of anilines is 1. The first-order chi connectivity index (χ1) is 20.3. The third-order valence-corrected chi connectivity index (χ3v) is 7.90. The summed E-state index contributed by atoms with van der Waals surface area (Å²) in [6.45, 7) is 5.30. The third-order valence-electron chi connectivity index (χ3n) is 7.64. The van der Waals surface area contributed by atoms with Gasteiger partial charge < -0.3 is 15.1 Å². The molecule has 0 spiro atoms. The van der Waals surface area contributed by atoms with Crippen LogP contribution in [0.25, 0.3) is 10.8 Å². The summed E-state index contributed by atoms with van der Waals surface area (Å²) in [5.41, 5.74) is 3.45. The molecule has 7 heteroatoms. The van der Waals surface area contributed by atoms with Crippen LogP contribution in [-0.2, 0) is 22.6 Å². The predicted octanol–water partition coefficient (Wildman–Crippen LogP) is 6.65. The maximum absolute atomic E-state index is 14.0. The SMILES string of the molecule is CC(C)CNC(=O)[C@H](Cc1ccccc1)N(Cc1ccc(Cl)cc1)C(=O)CCCN1C(=O)c2cccc3cccc1c23. The Bertz CT molecular complexity index is 1560. The Labute approximate surface area is 252 Å². The molecule has 1 atom stereocenters. The van der Waals surface area contributed by atoms with E-state index in [2.05, 4.69) is 5.32 Å². The first kappa shape index (κ1) is 29.3. The summed E-state index contributed by atoms with van der Waals surface area (Å²) in [6, 6.07) is 28.1. The first-order valence-corrected chi connectivity index (χ1v) is 14.9. The molecule has 1 N–H and O–H groups in total. The van der Waals surface area contributed by atoms with E-state index >= 15 is 0 Å². The van der Waals surface area contributed by atoms with Gasteiger partial charge in [0.2, 0.25) is 11.8 Å². The molecule has 0 saturated carbocycles. The van der Waals surface area contributed by atoms with Crippen molar-refractivity contribution >= 4 is 45.8 Å². The zero-order chi connectivity index (χ0) is 29.6. The van der Waals surface area contributed by atoms with Gasteiger partial charge in [0.15, 0.2) is 0 Å². The van der Waals surface area contributed by atoms with Crippen LogP contribution in [-0.4, -0.2) is 41.8 Å². The number of carbonyl (C=O) groups is 3. The maximum atomic E-state index is 14.0. The van der Waals surface area contributed by atoms with E-state index < -0.39 is 6.04 Å². The number of carbonyl (C=O) groups excluding carboxylic acids is 3. The summed E-state index contributed by atoms with van der Waals surface area (Å²) in [5.74, 6) is -0.0692. The van der Waals surface area contributed by atoms with Crippen molar-refractivity contribution in [2.75, 3.05) is 18.0 Å². The second-order valence-corrected chi connectivity index (χ2v) is 11.7. The van der Waals surface area contributed by atoms with Crippen LogP contribution in [0.15, 0.2) is 91.0 Å². The highest BCUT2D eigenvalue weighted by Crippen LogP contribution is 2.37. The summed E-state index contributed by atoms with van der Waals surface area (Å²) in [7, 11) is 0. The largest absolute Gasteiger partial charge is 0.354 e. The highest BCUT2D eigenvalue weighted by molar-refractivity contribution is 6.30. The molecule has 216 valence electrons. The number of hydrogen-bond acceptors (Lipinski definition) is 3. The van der Waals surface area contributed by atoms with Crippen molar-refractivity contribution in [3.63, 3.8) is 0 Å². The third kappa shape index (κ3) is 6.66. The van der Waals surface area contributed by atoms with E-state index in [1.165, 1.54) is 0 Å². The van der Waals surface area contributed by atoms with Crippen LogP contribution in [0.3, 0.4) is 0 Å². The number of nitrogens with one attached hydrogen (secondary N) is 1. The second kappa shape index (κ2) is 13.2. The molecule has 1 heterocycles. The fourth-order valence-electron chi connectivity index (χ4n) is 5.50. The lowest BCUT2D eigenvalue weighted by Crippen LogP contribution is -2.51. The van der Waals surface area contributed by atoms with Crippen LogP contribution in [0.5, 0.6) is 0 Å². The van der Waals surface area contributed by atoms with Gasteiger partial charge in [0.05, 0.1) is 5.69 Å². The fourth-order valence-corrected chi connectivity index (χ4v) is 5.62. The monoisotopic (exact) mass is 581 g/mol. The number of nitrogens with zero attached hydrogens (tertiary/aromatic N) is 2. The molecule has 0 unspecified atom stereocenters. The Balaban J connectivity index is 1.37. The first-order valence-electron chi connectivity index (χ1n) is 14.5. The molecular formula is C35H36ClN3O3. The van der Waals surface area contributed by atoms with Crippen molar-refractivity contribution in [2.24, 2.45) is 5.92 Å². The lowest BCUT2D eigenvalue weighted by molar-refractivity contribution is -0.141. The molecule has 0 bridgehead atoms. The standard InChI is InChI=1S/C35H36ClN3O3/c1-24(2)22-37-34(41)31(21-25-9-4-3-5-10-25)39(23-26-16-18-28(36)19-17-26)32(40)15-8-20-38-30-14-7-12-27-11-6-13-29(33(27)30)35(38)42/h3-7,9-14,16-19,24,31H,8,15,20-23H2,1-2H3,(H,37,41)/t31-/m0/s1. The smallest absolute Gasteiger partial charge is 0.258 e. The van der Waals surface area contributed by atoms with E-state index in [-0.39, 0.29) is 36.6 Å². The summed E-state index contributed by atoms with van der Waals surface area (Å²) in [6.07, 6.45) is 1.07. The Morgan fingerprint density at radius 2 is 1.60 bits per heavy atom.